The van der Waals surface area contributed by atoms with E-state index in [0.29, 0.717) is 24.4 Å². The number of H-pyrrole nitrogens is 1. The quantitative estimate of drug-likeness (QED) is 0.0476. The van der Waals surface area contributed by atoms with E-state index in [1.54, 1.807) is 52.9 Å². The molecule has 0 bridgehead atoms. The number of nitrogens with one attached hydrogen (secondary N) is 6. The maximum atomic E-state index is 14.3. The van der Waals surface area contributed by atoms with Crippen molar-refractivity contribution < 1.29 is 28.6 Å². The Balaban J connectivity index is 1.62. The first-order valence-electron chi connectivity index (χ1n) is 17.0. The minimum Gasteiger partial charge on any atom is -0.508 e. The lowest BCUT2D eigenvalue weighted by atomic mass is 9.95. The number of aromatic nitrogens is 4. The Labute approximate surface area is 302 Å². The molecule has 2 heterocycles. The van der Waals surface area contributed by atoms with E-state index in [2.05, 4.69) is 41.4 Å². The maximum Gasteiger partial charge on any atom is 0.408 e. The van der Waals surface area contributed by atoms with E-state index in [4.69, 9.17) is 20.3 Å². The van der Waals surface area contributed by atoms with Crippen LogP contribution in [0.25, 0.3) is 0 Å². The summed E-state index contributed by atoms with van der Waals surface area (Å²) in [6, 6.07) is 9.72. The van der Waals surface area contributed by atoms with Crippen molar-refractivity contribution in [1.82, 2.24) is 41.4 Å². The van der Waals surface area contributed by atoms with Crippen LogP contribution in [0.2, 0.25) is 0 Å². The van der Waals surface area contributed by atoms with Crippen molar-refractivity contribution in [2.24, 2.45) is 5.73 Å². The van der Waals surface area contributed by atoms with Gasteiger partial charge in [-0.25, -0.2) is 9.78 Å². The van der Waals surface area contributed by atoms with Crippen LogP contribution in [0.3, 0.4) is 0 Å². The average molecular weight is 717 g/mol. The summed E-state index contributed by atoms with van der Waals surface area (Å²) in [6.07, 6.45) is 3.55. The van der Waals surface area contributed by atoms with Gasteiger partial charge in [-0.15, -0.1) is 10.2 Å². The molecule has 0 spiro atoms. The van der Waals surface area contributed by atoms with Crippen LogP contribution in [-0.4, -0.2) is 73.4 Å². The molecule has 16 nitrogen and oxygen atoms in total. The summed E-state index contributed by atoms with van der Waals surface area (Å²) >= 11 is 0. The monoisotopic (exact) mass is 716 g/mol. The third kappa shape index (κ3) is 12.1. The molecule has 0 unspecified atom stereocenters. The van der Waals surface area contributed by atoms with E-state index in [1.165, 1.54) is 6.33 Å². The lowest BCUT2D eigenvalue weighted by molar-refractivity contribution is -0.130. The van der Waals surface area contributed by atoms with Gasteiger partial charge in [0.2, 0.25) is 23.6 Å². The van der Waals surface area contributed by atoms with Crippen LogP contribution in [-0.2, 0) is 33.6 Å². The highest BCUT2D eigenvalue weighted by atomic mass is 16.6. The predicted molar refractivity (Wildman–Crippen MR) is 192 cm³/mol. The molecule has 52 heavy (non-hydrogen) atoms. The second kappa shape index (κ2) is 17.8. The molecule has 3 atom stereocenters. The maximum absolute atomic E-state index is 14.3. The Morgan fingerprint density at radius 3 is 2.33 bits per heavy atom. The van der Waals surface area contributed by atoms with Gasteiger partial charge in [0, 0.05) is 25.6 Å². The standard InChI is InChI=1S/C36H48N10O6/c1-21-14-25(47)15-22(2)26(21)18-28(42-31(48)27(12-9-13-40-34(37)38)44-35(50)52-36(3,4)5)32(49)43-29(17-24-19-39-20-41-24)33-46-45-30(51-33)16-23-10-7-6-8-11-23/h6-8,10-11,14-15,19-20,27-29,47H,9,12-13,16-18H2,1-5H3,(H,39,41)(H,42,48)(H,43,49)(H,44,50)(H4,37,38,40)/t27-,28+,29+/m1/s1. The molecule has 0 aliphatic carbocycles. The van der Waals surface area contributed by atoms with Crippen LogP contribution in [0.15, 0.2) is 59.4 Å². The van der Waals surface area contributed by atoms with Crippen molar-refractivity contribution in [3.8, 4) is 5.75 Å². The Morgan fingerprint density at radius 1 is 1.00 bits per heavy atom. The van der Waals surface area contributed by atoms with Gasteiger partial charge in [-0.3, -0.25) is 15.0 Å². The summed E-state index contributed by atoms with van der Waals surface area (Å²) in [5, 5.41) is 37.2. The van der Waals surface area contributed by atoms with E-state index < -0.39 is 41.6 Å². The molecule has 9 N–H and O–H groups in total. The molecule has 2 aromatic heterocycles. The normalized spacial score (nSPS) is 13.0. The number of guanidine groups is 1. The van der Waals surface area contributed by atoms with Crippen molar-refractivity contribution in [2.75, 3.05) is 6.54 Å². The van der Waals surface area contributed by atoms with Crippen molar-refractivity contribution >= 4 is 23.9 Å². The van der Waals surface area contributed by atoms with E-state index in [-0.39, 0.29) is 43.4 Å². The summed E-state index contributed by atoms with van der Waals surface area (Å²) in [5.74, 6) is -0.820. The molecule has 0 saturated carbocycles. The van der Waals surface area contributed by atoms with Gasteiger partial charge in [0.1, 0.15) is 29.5 Å². The number of carbonyl (C=O) groups excluding carboxylic acids is 3. The van der Waals surface area contributed by atoms with Crippen LogP contribution in [0.4, 0.5) is 4.79 Å². The van der Waals surface area contributed by atoms with E-state index in [0.717, 1.165) is 22.3 Å². The fourth-order valence-electron chi connectivity index (χ4n) is 5.56. The zero-order valence-corrected chi connectivity index (χ0v) is 30.1. The number of aromatic hydroxyl groups is 1. The Bertz CT molecular complexity index is 1780. The number of imidazole rings is 1. The lowest BCUT2D eigenvalue weighted by Crippen LogP contribution is -2.55. The second-order valence-corrected chi connectivity index (χ2v) is 13.5. The molecule has 0 saturated heterocycles. The number of aromatic amines is 1. The molecule has 0 radical (unpaired) electrons. The number of nitrogens with two attached hydrogens (primary N) is 1. The van der Waals surface area contributed by atoms with Gasteiger partial charge in [0.25, 0.3) is 0 Å². The molecular weight excluding hydrogens is 668 g/mol. The number of amides is 3. The third-order valence-electron chi connectivity index (χ3n) is 7.98. The topological polar surface area (TPSA) is 246 Å². The van der Waals surface area contributed by atoms with Gasteiger partial charge in [0.05, 0.1) is 18.4 Å². The Hall–Kier alpha value is -5.93. The summed E-state index contributed by atoms with van der Waals surface area (Å²) < 4.78 is 11.5. The number of nitrogens with zero attached hydrogens (tertiary/aromatic N) is 3. The molecule has 16 heteroatoms. The summed E-state index contributed by atoms with van der Waals surface area (Å²) in [7, 11) is 0. The van der Waals surface area contributed by atoms with Crippen LogP contribution in [0, 0.1) is 19.3 Å². The van der Waals surface area contributed by atoms with E-state index in [9.17, 15) is 19.5 Å². The van der Waals surface area contributed by atoms with E-state index >= 15 is 0 Å². The van der Waals surface area contributed by atoms with Crippen molar-refractivity contribution in [3.63, 3.8) is 0 Å². The number of alkyl carbamates (subject to hydrolysis) is 1. The minimum absolute atomic E-state index is 0.0544. The molecule has 4 rings (SSSR count). The van der Waals surface area contributed by atoms with Crippen molar-refractivity contribution in [2.45, 2.75) is 90.4 Å². The van der Waals surface area contributed by atoms with Gasteiger partial charge in [0.15, 0.2) is 5.96 Å². The third-order valence-corrected chi connectivity index (χ3v) is 7.98. The van der Waals surface area contributed by atoms with Crippen LogP contribution in [0.1, 0.15) is 79.4 Å². The number of hydrogen-bond donors (Lipinski definition) is 8. The average Bonchev–Trinajstić information content (AvgIpc) is 3.75. The Morgan fingerprint density at radius 2 is 1.69 bits per heavy atom. The zero-order chi connectivity index (χ0) is 37.8. The van der Waals surface area contributed by atoms with Crippen LogP contribution < -0.4 is 27.0 Å². The van der Waals surface area contributed by atoms with Gasteiger partial charge in [-0.05, 0) is 81.8 Å². The van der Waals surface area contributed by atoms with Gasteiger partial charge in [-0.1, -0.05) is 30.3 Å². The van der Waals surface area contributed by atoms with E-state index in [1.807, 2.05) is 30.3 Å². The number of aryl methyl sites for hydroxylation is 2. The first-order chi connectivity index (χ1) is 24.7. The molecule has 0 fully saturated rings. The second-order valence-electron chi connectivity index (χ2n) is 13.5. The minimum atomic E-state index is -1.15. The number of ether oxygens (including phenoxy) is 1. The number of carbonyl (C=O) groups is 3. The van der Waals surface area contributed by atoms with Crippen molar-refractivity contribution in [1.29, 1.82) is 5.41 Å². The molecular formula is C36H48N10O6. The summed E-state index contributed by atoms with van der Waals surface area (Å²) in [5.41, 5.74) is 8.37. The number of rotatable bonds is 16. The predicted octanol–water partition coefficient (Wildman–Crippen LogP) is 2.99. The number of phenolic OH excluding ortho intramolecular Hbond substituents is 1. The SMILES string of the molecule is Cc1cc(O)cc(C)c1C[C@H](NC(=O)[C@@H](CCCNC(=N)N)NC(=O)OC(C)(C)C)C(=O)N[C@@H](Cc1c[nH]cn1)c1nnc(Cc2ccccc2)o1. The highest BCUT2D eigenvalue weighted by molar-refractivity contribution is 5.91. The summed E-state index contributed by atoms with van der Waals surface area (Å²) in [4.78, 5) is 48.3. The molecule has 4 aromatic rings. The highest BCUT2D eigenvalue weighted by Gasteiger charge is 2.32. The highest BCUT2D eigenvalue weighted by Crippen LogP contribution is 2.23. The smallest absolute Gasteiger partial charge is 0.408 e. The molecule has 3 amide bonds. The number of benzene rings is 2. The first kappa shape index (κ1) is 38.9. The van der Waals surface area contributed by atoms with Crippen LogP contribution >= 0.6 is 0 Å². The molecule has 2 aromatic carbocycles. The molecule has 0 aliphatic rings. The number of hydrogen-bond acceptors (Lipinski definition) is 10. The number of phenols is 1. The fraction of sp³-hybridized carbons (Fsp3) is 0.417. The molecule has 278 valence electrons. The van der Waals surface area contributed by atoms with Gasteiger partial charge in [-0.2, -0.15) is 0 Å². The van der Waals surface area contributed by atoms with Gasteiger partial charge < -0.3 is 46.2 Å². The zero-order valence-electron chi connectivity index (χ0n) is 30.1. The fourth-order valence-corrected chi connectivity index (χ4v) is 5.56. The van der Waals surface area contributed by atoms with Gasteiger partial charge >= 0.3 is 6.09 Å². The van der Waals surface area contributed by atoms with Crippen LogP contribution in [0.5, 0.6) is 5.75 Å². The first-order valence-corrected chi connectivity index (χ1v) is 17.0. The Kier molecular flexibility index (Phi) is 13.3. The van der Waals surface area contributed by atoms with Crippen molar-refractivity contribution in [3.05, 3.63) is 94.7 Å². The lowest BCUT2D eigenvalue weighted by Gasteiger charge is -2.27. The summed E-state index contributed by atoms with van der Waals surface area (Å²) in [6.45, 7) is 9.00. The molecule has 0 aliphatic heterocycles. The largest absolute Gasteiger partial charge is 0.508 e.